The second-order valence-electron chi connectivity index (χ2n) is 5.82. The maximum absolute atomic E-state index is 5.19. The first-order valence-electron chi connectivity index (χ1n) is 6.09. The summed E-state index contributed by atoms with van der Waals surface area (Å²) in [7, 11) is 3.79. The van der Waals surface area contributed by atoms with Gasteiger partial charge in [-0.2, -0.15) is 0 Å². The van der Waals surface area contributed by atoms with E-state index in [4.69, 9.17) is 4.74 Å². The molecule has 0 unspecified atom stereocenters. The van der Waals surface area contributed by atoms with Crippen molar-refractivity contribution >= 4 is 5.69 Å². The molecule has 0 spiro atoms. The van der Waals surface area contributed by atoms with E-state index in [0.717, 1.165) is 0 Å². The summed E-state index contributed by atoms with van der Waals surface area (Å²) in [6.45, 7) is 11.7. The van der Waals surface area contributed by atoms with Crippen LogP contribution in [0.3, 0.4) is 0 Å². The van der Waals surface area contributed by atoms with Crippen LogP contribution in [0.5, 0.6) is 0 Å². The molecule has 0 N–H and O–H groups in total. The lowest BCUT2D eigenvalue weighted by Gasteiger charge is -2.26. The van der Waals surface area contributed by atoms with Crippen molar-refractivity contribution in [2.75, 3.05) is 25.8 Å². The molecule has 1 rings (SSSR count). The normalized spacial score (nSPS) is 11.7. The van der Waals surface area contributed by atoms with Crippen LogP contribution in [-0.2, 0) is 10.2 Å². The van der Waals surface area contributed by atoms with Crippen LogP contribution in [0, 0.1) is 13.8 Å². The lowest BCUT2D eigenvalue weighted by Crippen LogP contribution is -2.22. The van der Waals surface area contributed by atoms with Gasteiger partial charge in [-0.1, -0.05) is 32.9 Å². The molecule has 0 bridgehead atoms. The van der Waals surface area contributed by atoms with Gasteiger partial charge in [0.2, 0.25) is 0 Å². The Hall–Kier alpha value is -1.02. The van der Waals surface area contributed by atoms with Gasteiger partial charge in [0.1, 0.15) is 6.73 Å². The third-order valence-corrected chi connectivity index (χ3v) is 3.06. The first kappa shape index (κ1) is 14.0. The number of nitrogens with zero attached hydrogens (tertiary/aromatic N) is 1. The van der Waals surface area contributed by atoms with Crippen molar-refractivity contribution in [3.05, 3.63) is 28.8 Å². The maximum Gasteiger partial charge on any atom is 0.118 e. The van der Waals surface area contributed by atoms with Gasteiger partial charge >= 0.3 is 0 Å². The van der Waals surface area contributed by atoms with Gasteiger partial charge in [-0.15, -0.1) is 0 Å². The highest BCUT2D eigenvalue weighted by atomic mass is 16.5. The van der Waals surface area contributed by atoms with E-state index >= 15 is 0 Å². The molecule has 0 aromatic heterocycles. The highest BCUT2D eigenvalue weighted by Crippen LogP contribution is 2.31. The molecule has 1 aromatic carbocycles. The number of methoxy groups -OCH3 is 1. The average molecular weight is 235 g/mol. The van der Waals surface area contributed by atoms with Gasteiger partial charge in [-0.25, -0.2) is 0 Å². The summed E-state index contributed by atoms with van der Waals surface area (Å²) in [5.41, 5.74) is 5.50. The Kier molecular flexibility index (Phi) is 4.21. The van der Waals surface area contributed by atoms with Crippen molar-refractivity contribution in [3.63, 3.8) is 0 Å². The summed E-state index contributed by atoms with van der Waals surface area (Å²) in [4.78, 5) is 2.15. The molecule has 0 fully saturated rings. The fourth-order valence-corrected chi connectivity index (χ4v) is 2.25. The Labute approximate surface area is 106 Å². The maximum atomic E-state index is 5.19. The Bertz CT molecular complexity index is 367. The van der Waals surface area contributed by atoms with Crippen LogP contribution in [0.15, 0.2) is 12.1 Å². The zero-order valence-corrected chi connectivity index (χ0v) is 12.2. The molecule has 0 atom stereocenters. The zero-order chi connectivity index (χ0) is 13.2. The monoisotopic (exact) mass is 235 g/mol. The third-order valence-electron chi connectivity index (χ3n) is 3.06. The molecule has 0 amide bonds. The molecule has 0 aliphatic heterocycles. The topological polar surface area (TPSA) is 12.5 Å². The number of benzene rings is 1. The fraction of sp³-hybridized carbons (Fsp3) is 0.600. The molecule has 0 aliphatic carbocycles. The van der Waals surface area contributed by atoms with E-state index in [1.54, 1.807) is 7.11 Å². The van der Waals surface area contributed by atoms with Gasteiger partial charge in [0.05, 0.1) is 0 Å². The molecule has 2 nitrogen and oxygen atoms in total. The molecule has 1 aromatic rings. The third kappa shape index (κ3) is 3.22. The summed E-state index contributed by atoms with van der Waals surface area (Å²) >= 11 is 0. The number of rotatable bonds is 3. The molecular formula is C15H25NO. The van der Waals surface area contributed by atoms with Gasteiger partial charge in [0.25, 0.3) is 0 Å². The molecule has 0 saturated heterocycles. The molecule has 96 valence electrons. The molecule has 2 heteroatoms. The van der Waals surface area contributed by atoms with Gasteiger partial charge in [0, 0.05) is 19.8 Å². The molecule has 0 radical (unpaired) electrons. The number of aryl methyl sites for hydroxylation is 2. The minimum atomic E-state index is 0.202. The van der Waals surface area contributed by atoms with Crippen molar-refractivity contribution in [1.82, 2.24) is 0 Å². The predicted molar refractivity (Wildman–Crippen MR) is 74.9 cm³/mol. The second-order valence-corrected chi connectivity index (χ2v) is 5.82. The molecule has 0 heterocycles. The van der Waals surface area contributed by atoms with Crippen LogP contribution in [0.2, 0.25) is 0 Å². The van der Waals surface area contributed by atoms with Crippen LogP contribution in [-0.4, -0.2) is 20.9 Å². The van der Waals surface area contributed by atoms with Crippen molar-refractivity contribution in [2.45, 2.75) is 40.0 Å². The smallest absolute Gasteiger partial charge is 0.118 e. The number of hydrogen-bond acceptors (Lipinski definition) is 2. The van der Waals surface area contributed by atoms with E-state index < -0.39 is 0 Å². The minimum absolute atomic E-state index is 0.202. The van der Waals surface area contributed by atoms with Crippen LogP contribution >= 0.6 is 0 Å². The predicted octanol–water partition coefficient (Wildman–Crippen LogP) is 3.64. The Morgan fingerprint density at radius 3 is 1.94 bits per heavy atom. The van der Waals surface area contributed by atoms with Crippen LogP contribution < -0.4 is 4.90 Å². The number of anilines is 1. The Morgan fingerprint density at radius 1 is 1.12 bits per heavy atom. The van der Waals surface area contributed by atoms with E-state index in [0.29, 0.717) is 6.73 Å². The van der Waals surface area contributed by atoms with Crippen molar-refractivity contribution in [2.24, 2.45) is 0 Å². The first-order chi connectivity index (χ1) is 7.77. The largest absolute Gasteiger partial charge is 0.364 e. The fourth-order valence-electron chi connectivity index (χ4n) is 2.25. The van der Waals surface area contributed by atoms with Gasteiger partial charge in [0.15, 0.2) is 0 Å². The van der Waals surface area contributed by atoms with Crippen molar-refractivity contribution in [3.8, 4) is 0 Å². The number of hydrogen-bond donors (Lipinski definition) is 0. The number of ether oxygens (including phenoxy) is 1. The molecule has 17 heavy (non-hydrogen) atoms. The van der Waals surface area contributed by atoms with E-state index in [1.807, 2.05) is 0 Å². The molecule has 0 saturated carbocycles. The van der Waals surface area contributed by atoms with Crippen molar-refractivity contribution < 1.29 is 4.74 Å². The van der Waals surface area contributed by atoms with E-state index in [2.05, 4.69) is 58.7 Å². The van der Waals surface area contributed by atoms with Crippen LogP contribution in [0.25, 0.3) is 0 Å². The first-order valence-corrected chi connectivity index (χ1v) is 6.09. The van der Waals surface area contributed by atoms with Crippen molar-refractivity contribution in [1.29, 1.82) is 0 Å². The van der Waals surface area contributed by atoms with E-state index in [1.165, 1.54) is 22.4 Å². The minimum Gasteiger partial charge on any atom is -0.364 e. The summed E-state index contributed by atoms with van der Waals surface area (Å²) in [5, 5.41) is 0. The summed E-state index contributed by atoms with van der Waals surface area (Å²) < 4.78 is 5.19. The molecular weight excluding hydrogens is 210 g/mol. The van der Waals surface area contributed by atoms with Gasteiger partial charge in [-0.3, -0.25) is 0 Å². The summed E-state index contributed by atoms with van der Waals surface area (Å²) in [6, 6.07) is 4.57. The van der Waals surface area contributed by atoms with Crippen LogP contribution in [0.4, 0.5) is 5.69 Å². The molecule has 0 aliphatic rings. The Morgan fingerprint density at radius 2 is 1.59 bits per heavy atom. The SMILES string of the molecule is COCN(C)c1c(C)cc(C(C)(C)C)cc1C. The van der Waals surface area contributed by atoms with Gasteiger partial charge < -0.3 is 9.64 Å². The van der Waals surface area contributed by atoms with E-state index in [9.17, 15) is 0 Å². The lowest BCUT2D eigenvalue weighted by molar-refractivity contribution is 0.202. The van der Waals surface area contributed by atoms with Gasteiger partial charge in [-0.05, 0) is 36.0 Å². The standard InChI is InChI=1S/C15H25NO/c1-11-8-13(15(3,4)5)9-12(2)14(11)16(6)10-17-7/h8-9H,10H2,1-7H3. The highest BCUT2D eigenvalue weighted by molar-refractivity contribution is 5.60. The lowest BCUT2D eigenvalue weighted by atomic mass is 9.84. The highest BCUT2D eigenvalue weighted by Gasteiger charge is 2.17. The zero-order valence-electron chi connectivity index (χ0n) is 12.2. The van der Waals surface area contributed by atoms with Crippen LogP contribution in [0.1, 0.15) is 37.5 Å². The van der Waals surface area contributed by atoms with E-state index in [-0.39, 0.29) is 5.41 Å². The average Bonchev–Trinajstić information content (AvgIpc) is 2.15. The second kappa shape index (κ2) is 5.09. The quantitative estimate of drug-likeness (QED) is 0.742. The Balaban J connectivity index is 3.20. The summed E-state index contributed by atoms with van der Waals surface area (Å²) in [5.74, 6) is 0. The summed E-state index contributed by atoms with van der Waals surface area (Å²) in [6.07, 6.45) is 0.